The Balaban J connectivity index is 2.03. The molecule has 0 aromatic heterocycles. The van der Waals surface area contributed by atoms with Crippen LogP contribution in [0.5, 0.6) is 11.5 Å². The van der Waals surface area contributed by atoms with Crippen LogP contribution in [0.3, 0.4) is 0 Å². The van der Waals surface area contributed by atoms with E-state index in [2.05, 4.69) is 25.7 Å². The van der Waals surface area contributed by atoms with E-state index in [0.717, 1.165) is 17.1 Å². The van der Waals surface area contributed by atoms with Gasteiger partial charge in [0.15, 0.2) is 8.32 Å². The van der Waals surface area contributed by atoms with Crippen molar-refractivity contribution in [3.63, 3.8) is 0 Å². The molecule has 0 fully saturated rings. The van der Waals surface area contributed by atoms with Crippen molar-refractivity contribution in [3.8, 4) is 11.5 Å². The van der Waals surface area contributed by atoms with E-state index in [-0.39, 0.29) is 0 Å². The summed E-state index contributed by atoms with van der Waals surface area (Å²) in [6.45, 7) is 7.23. The lowest BCUT2D eigenvalue weighted by Gasteiger charge is -2.17. The van der Waals surface area contributed by atoms with Crippen LogP contribution in [0.25, 0.3) is 0 Å². The van der Waals surface area contributed by atoms with Gasteiger partial charge < -0.3 is 9.16 Å². The highest BCUT2D eigenvalue weighted by molar-refractivity contribution is 6.69. The Labute approximate surface area is 116 Å². The van der Waals surface area contributed by atoms with Crippen LogP contribution in [0.1, 0.15) is 5.56 Å². The molecule has 100 valence electrons. The Kier molecular flexibility index (Phi) is 4.40. The molecule has 0 unspecified atom stereocenters. The number of hydrogen-bond acceptors (Lipinski definition) is 2. The molecule has 2 nitrogen and oxygen atoms in total. The van der Waals surface area contributed by atoms with Gasteiger partial charge in [0.2, 0.25) is 0 Å². The Morgan fingerprint density at radius 2 is 1.53 bits per heavy atom. The van der Waals surface area contributed by atoms with Gasteiger partial charge >= 0.3 is 0 Å². The molecule has 0 aliphatic heterocycles. The second-order valence-electron chi connectivity index (χ2n) is 5.46. The van der Waals surface area contributed by atoms with Crippen molar-refractivity contribution in [1.82, 2.24) is 0 Å². The summed E-state index contributed by atoms with van der Waals surface area (Å²) < 4.78 is 11.7. The van der Waals surface area contributed by atoms with Crippen molar-refractivity contribution in [2.45, 2.75) is 26.2 Å². The molecule has 0 aliphatic carbocycles. The molecule has 2 rings (SSSR count). The number of rotatable bonds is 5. The molecule has 2 aromatic carbocycles. The molecule has 0 amide bonds. The van der Waals surface area contributed by atoms with Crippen LogP contribution in [-0.4, -0.2) is 8.32 Å². The van der Waals surface area contributed by atoms with Crippen LogP contribution < -0.4 is 4.74 Å². The van der Waals surface area contributed by atoms with E-state index in [1.807, 2.05) is 48.5 Å². The summed E-state index contributed by atoms with van der Waals surface area (Å²) in [4.78, 5) is 0. The minimum absolute atomic E-state index is 0.654. The standard InChI is InChI=1S/C16H20O2Si/c1-19(2,3)17-13-14-8-7-11-16(12-14)18-15-9-5-4-6-10-15/h4-12H,13H2,1-3H3. The number of para-hydroxylation sites is 1. The Morgan fingerprint density at radius 3 is 2.21 bits per heavy atom. The largest absolute Gasteiger partial charge is 0.457 e. The molecule has 0 bridgehead atoms. The maximum Gasteiger partial charge on any atom is 0.184 e. The smallest absolute Gasteiger partial charge is 0.184 e. The zero-order valence-corrected chi connectivity index (χ0v) is 12.7. The van der Waals surface area contributed by atoms with E-state index < -0.39 is 8.32 Å². The second-order valence-corrected chi connectivity index (χ2v) is 9.98. The van der Waals surface area contributed by atoms with Gasteiger partial charge in [-0.05, 0) is 49.5 Å². The van der Waals surface area contributed by atoms with Crippen LogP contribution >= 0.6 is 0 Å². The highest BCUT2D eigenvalue weighted by Gasteiger charge is 2.14. The number of benzene rings is 2. The fourth-order valence-electron chi connectivity index (χ4n) is 1.62. The lowest BCUT2D eigenvalue weighted by Crippen LogP contribution is -2.24. The molecule has 0 N–H and O–H groups in total. The molecular formula is C16H20O2Si. The monoisotopic (exact) mass is 272 g/mol. The fourth-order valence-corrected chi connectivity index (χ4v) is 2.22. The molecule has 0 atom stereocenters. The fraction of sp³-hybridized carbons (Fsp3) is 0.250. The molecule has 0 heterocycles. The van der Waals surface area contributed by atoms with Crippen molar-refractivity contribution in [3.05, 3.63) is 60.2 Å². The predicted molar refractivity (Wildman–Crippen MR) is 81.1 cm³/mol. The van der Waals surface area contributed by atoms with Crippen LogP contribution in [0.15, 0.2) is 54.6 Å². The highest BCUT2D eigenvalue weighted by atomic mass is 28.4. The number of ether oxygens (including phenoxy) is 1. The third kappa shape index (κ3) is 4.89. The summed E-state index contributed by atoms with van der Waals surface area (Å²) in [5, 5.41) is 0. The van der Waals surface area contributed by atoms with Gasteiger partial charge in [-0.1, -0.05) is 30.3 Å². The molecular weight excluding hydrogens is 252 g/mol. The first-order valence-electron chi connectivity index (χ1n) is 6.49. The normalized spacial score (nSPS) is 11.3. The first-order chi connectivity index (χ1) is 9.03. The lowest BCUT2D eigenvalue weighted by atomic mass is 10.2. The van der Waals surface area contributed by atoms with Gasteiger partial charge in [-0.2, -0.15) is 0 Å². The van der Waals surface area contributed by atoms with E-state index in [9.17, 15) is 0 Å². The zero-order valence-electron chi connectivity index (χ0n) is 11.7. The van der Waals surface area contributed by atoms with Crippen LogP contribution in [0.2, 0.25) is 19.6 Å². The molecule has 2 aromatic rings. The molecule has 0 radical (unpaired) electrons. The van der Waals surface area contributed by atoms with E-state index in [0.29, 0.717) is 6.61 Å². The van der Waals surface area contributed by atoms with Gasteiger partial charge in [0, 0.05) is 0 Å². The van der Waals surface area contributed by atoms with Crippen molar-refractivity contribution < 1.29 is 9.16 Å². The molecule has 0 saturated heterocycles. The average molecular weight is 272 g/mol. The molecule has 0 saturated carbocycles. The molecule has 0 spiro atoms. The van der Waals surface area contributed by atoms with Crippen molar-refractivity contribution in [1.29, 1.82) is 0 Å². The number of hydrogen-bond donors (Lipinski definition) is 0. The zero-order chi connectivity index (χ0) is 13.7. The van der Waals surface area contributed by atoms with E-state index in [4.69, 9.17) is 9.16 Å². The maximum atomic E-state index is 5.90. The SMILES string of the molecule is C[Si](C)(C)OCc1cccc(Oc2ccccc2)c1. The van der Waals surface area contributed by atoms with E-state index in [1.165, 1.54) is 0 Å². The predicted octanol–water partition coefficient (Wildman–Crippen LogP) is 4.83. The summed E-state index contributed by atoms with van der Waals surface area (Å²) in [5.74, 6) is 1.70. The van der Waals surface area contributed by atoms with Crippen molar-refractivity contribution in [2.24, 2.45) is 0 Å². The van der Waals surface area contributed by atoms with Gasteiger partial charge in [-0.3, -0.25) is 0 Å². The summed E-state index contributed by atoms with van der Waals surface area (Å²) in [6, 6.07) is 17.9. The van der Waals surface area contributed by atoms with Gasteiger partial charge in [-0.25, -0.2) is 0 Å². The molecule has 0 aliphatic rings. The van der Waals surface area contributed by atoms with Gasteiger partial charge in [-0.15, -0.1) is 0 Å². The van der Waals surface area contributed by atoms with Crippen LogP contribution in [-0.2, 0) is 11.0 Å². The summed E-state index contributed by atoms with van der Waals surface area (Å²) in [7, 11) is -1.47. The average Bonchev–Trinajstić information content (AvgIpc) is 2.37. The first-order valence-corrected chi connectivity index (χ1v) is 9.89. The van der Waals surface area contributed by atoms with Crippen LogP contribution in [0.4, 0.5) is 0 Å². The van der Waals surface area contributed by atoms with Crippen LogP contribution in [0, 0.1) is 0 Å². The summed E-state index contributed by atoms with van der Waals surface area (Å²) in [5.41, 5.74) is 1.15. The quantitative estimate of drug-likeness (QED) is 0.726. The van der Waals surface area contributed by atoms with Crippen molar-refractivity contribution >= 4 is 8.32 Å². The minimum atomic E-state index is -1.47. The summed E-state index contributed by atoms with van der Waals surface area (Å²) >= 11 is 0. The van der Waals surface area contributed by atoms with Gasteiger partial charge in [0.25, 0.3) is 0 Å². The first kappa shape index (κ1) is 13.8. The Hall–Kier alpha value is -1.58. The second kappa shape index (κ2) is 6.04. The third-order valence-electron chi connectivity index (χ3n) is 2.55. The Bertz CT molecular complexity index is 518. The van der Waals surface area contributed by atoms with Gasteiger partial charge in [0.1, 0.15) is 11.5 Å². The minimum Gasteiger partial charge on any atom is -0.457 e. The topological polar surface area (TPSA) is 18.5 Å². The Morgan fingerprint density at radius 1 is 0.842 bits per heavy atom. The maximum absolute atomic E-state index is 5.90. The van der Waals surface area contributed by atoms with E-state index >= 15 is 0 Å². The molecule has 19 heavy (non-hydrogen) atoms. The van der Waals surface area contributed by atoms with E-state index in [1.54, 1.807) is 0 Å². The lowest BCUT2D eigenvalue weighted by molar-refractivity contribution is 0.299. The highest BCUT2D eigenvalue weighted by Crippen LogP contribution is 2.22. The summed E-state index contributed by atoms with van der Waals surface area (Å²) in [6.07, 6.45) is 0. The van der Waals surface area contributed by atoms with Gasteiger partial charge in [0.05, 0.1) is 6.61 Å². The third-order valence-corrected chi connectivity index (χ3v) is 3.56. The molecule has 3 heteroatoms. The van der Waals surface area contributed by atoms with Crippen molar-refractivity contribution in [2.75, 3.05) is 0 Å².